The van der Waals surface area contributed by atoms with E-state index in [1.165, 1.54) is 23.3 Å². The first kappa shape index (κ1) is 18.3. The third-order valence-electron chi connectivity index (χ3n) is 5.07. The molecular formula is C21H28O3. The fourth-order valence-electron chi connectivity index (χ4n) is 3.71. The Morgan fingerprint density at radius 1 is 1.33 bits per heavy atom. The summed E-state index contributed by atoms with van der Waals surface area (Å²) in [4.78, 5) is 11.8. The largest absolute Gasteiger partial charge is 0.508 e. The van der Waals surface area contributed by atoms with Gasteiger partial charge in [0.15, 0.2) is 5.78 Å². The number of aromatic hydroxyl groups is 2. The first-order valence-electron chi connectivity index (χ1n) is 8.56. The second kappa shape index (κ2) is 7.25. The highest BCUT2D eigenvalue weighted by Gasteiger charge is 2.35. The van der Waals surface area contributed by atoms with Gasteiger partial charge in [-0.3, -0.25) is 4.79 Å². The summed E-state index contributed by atoms with van der Waals surface area (Å²) in [6.07, 6.45) is 7.13. The lowest BCUT2D eigenvalue weighted by Crippen LogP contribution is -2.31. The maximum atomic E-state index is 11.8. The average molecular weight is 328 g/mol. The standard InChI is InChI=1S/C21H28O3/c1-14(5-7-16-12-17(22)8-10-20(16)24)6-9-19-15(2)11-18(23)13-21(19,3)4/h5,8,10-12,19,22,24H,6-7,9,13H2,1-4H3. The average Bonchev–Trinajstić information content (AvgIpc) is 2.46. The predicted molar refractivity (Wildman–Crippen MR) is 97.1 cm³/mol. The summed E-state index contributed by atoms with van der Waals surface area (Å²) in [5.41, 5.74) is 3.20. The summed E-state index contributed by atoms with van der Waals surface area (Å²) in [6.45, 7) is 8.51. The van der Waals surface area contributed by atoms with Gasteiger partial charge >= 0.3 is 0 Å². The number of phenols is 2. The molecular weight excluding hydrogens is 300 g/mol. The second-order valence-electron chi connectivity index (χ2n) is 7.68. The van der Waals surface area contributed by atoms with E-state index >= 15 is 0 Å². The molecule has 1 aromatic carbocycles. The number of carbonyl (C=O) groups excluding carboxylic acids is 1. The Hall–Kier alpha value is -2.03. The quantitative estimate of drug-likeness (QED) is 0.595. The van der Waals surface area contributed by atoms with E-state index in [0.29, 0.717) is 18.8 Å². The fourth-order valence-corrected chi connectivity index (χ4v) is 3.71. The molecule has 2 N–H and O–H groups in total. The molecule has 3 nitrogen and oxygen atoms in total. The van der Waals surface area contributed by atoms with Gasteiger partial charge in [0, 0.05) is 12.0 Å². The Labute approximate surface area is 144 Å². The van der Waals surface area contributed by atoms with Crippen LogP contribution in [-0.4, -0.2) is 16.0 Å². The molecule has 0 amide bonds. The summed E-state index contributed by atoms with van der Waals surface area (Å²) in [5.74, 6) is 1.04. The van der Waals surface area contributed by atoms with Gasteiger partial charge < -0.3 is 10.2 Å². The van der Waals surface area contributed by atoms with E-state index in [1.807, 2.05) is 0 Å². The molecule has 0 saturated heterocycles. The Morgan fingerprint density at radius 2 is 2.04 bits per heavy atom. The smallest absolute Gasteiger partial charge is 0.156 e. The molecule has 0 aromatic heterocycles. The molecule has 1 aromatic rings. The van der Waals surface area contributed by atoms with Gasteiger partial charge in [0.2, 0.25) is 0 Å². The number of carbonyl (C=O) groups is 1. The highest BCUT2D eigenvalue weighted by molar-refractivity contribution is 5.91. The maximum Gasteiger partial charge on any atom is 0.156 e. The van der Waals surface area contributed by atoms with Gasteiger partial charge in [0.05, 0.1) is 0 Å². The number of hydrogen-bond acceptors (Lipinski definition) is 3. The molecule has 1 aliphatic rings. The van der Waals surface area contributed by atoms with Gasteiger partial charge in [-0.15, -0.1) is 0 Å². The van der Waals surface area contributed by atoms with E-state index in [-0.39, 0.29) is 22.7 Å². The van der Waals surface area contributed by atoms with Crippen LogP contribution in [0, 0.1) is 11.3 Å². The zero-order valence-electron chi connectivity index (χ0n) is 15.1. The molecule has 24 heavy (non-hydrogen) atoms. The lowest BCUT2D eigenvalue weighted by atomic mass is 9.66. The summed E-state index contributed by atoms with van der Waals surface area (Å²) in [5, 5.41) is 19.3. The van der Waals surface area contributed by atoms with Crippen molar-refractivity contribution in [3.8, 4) is 11.5 Å². The van der Waals surface area contributed by atoms with E-state index in [0.717, 1.165) is 18.4 Å². The Kier molecular flexibility index (Phi) is 5.53. The van der Waals surface area contributed by atoms with Gasteiger partial charge in [-0.1, -0.05) is 31.1 Å². The van der Waals surface area contributed by atoms with Crippen molar-refractivity contribution in [1.82, 2.24) is 0 Å². The first-order valence-corrected chi connectivity index (χ1v) is 8.56. The number of allylic oxidation sites excluding steroid dienone is 4. The molecule has 3 heteroatoms. The van der Waals surface area contributed by atoms with Gasteiger partial charge in [-0.2, -0.15) is 0 Å². The van der Waals surface area contributed by atoms with Crippen LogP contribution in [-0.2, 0) is 11.2 Å². The molecule has 0 spiro atoms. The highest BCUT2D eigenvalue weighted by atomic mass is 16.3. The van der Waals surface area contributed by atoms with Crippen molar-refractivity contribution < 1.29 is 15.0 Å². The second-order valence-corrected chi connectivity index (χ2v) is 7.68. The van der Waals surface area contributed by atoms with Crippen molar-refractivity contribution in [2.24, 2.45) is 11.3 Å². The Bertz CT molecular complexity index is 680. The number of phenolic OH excluding ortho intramolecular Hbond substituents is 2. The molecule has 0 radical (unpaired) electrons. The van der Waals surface area contributed by atoms with Crippen molar-refractivity contribution in [2.45, 2.75) is 53.4 Å². The molecule has 0 heterocycles. The van der Waals surface area contributed by atoms with E-state index in [9.17, 15) is 15.0 Å². The molecule has 1 atom stereocenters. The van der Waals surface area contributed by atoms with Crippen molar-refractivity contribution in [1.29, 1.82) is 0 Å². The summed E-state index contributed by atoms with van der Waals surface area (Å²) >= 11 is 0. The number of ketones is 1. The van der Waals surface area contributed by atoms with Crippen molar-refractivity contribution >= 4 is 5.78 Å². The van der Waals surface area contributed by atoms with Gasteiger partial charge in [0.1, 0.15) is 11.5 Å². The monoisotopic (exact) mass is 328 g/mol. The summed E-state index contributed by atoms with van der Waals surface area (Å²) < 4.78 is 0. The van der Waals surface area contributed by atoms with Crippen LogP contribution in [0.1, 0.15) is 52.5 Å². The molecule has 0 bridgehead atoms. The molecule has 130 valence electrons. The van der Waals surface area contributed by atoms with E-state index in [4.69, 9.17) is 0 Å². The minimum atomic E-state index is 0.0136. The van der Waals surface area contributed by atoms with Gasteiger partial charge in [-0.25, -0.2) is 0 Å². The van der Waals surface area contributed by atoms with E-state index in [1.54, 1.807) is 12.1 Å². The number of benzene rings is 1. The van der Waals surface area contributed by atoms with Crippen molar-refractivity contribution in [3.05, 3.63) is 47.1 Å². The molecule has 1 unspecified atom stereocenters. The fraction of sp³-hybridized carbons (Fsp3) is 0.476. The first-order chi connectivity index (χ1) is 11.2. The lowest BCUT2D eigenvalue weighted by Gasteiger charge is -2.38. The van der Waals surface area contributed by atoms with Gasteiger partial charge in [0.25, 0.3) is 0 Å². The van der Waals surface area contributed by atoms with Crippen molar-refractivity contribution in [3.63, 3.8) is 0 Å². The summed E-state index contributed by atoms with van der Waals surface area (Å²) in [7, 11) is 0. The minimum absolute atomic E-state index is 0.0136. The van der Waals surface area contributed by atoms with Crippen molar-refractivity contribution in [2.75, 3.05) is 0 Å². The van der Waals surface area contributed by atoms with Crippen LogP contribution in [0.2, 0.25) is 0 Å². The molecule has 0 aliphatic heterocycles. The SMILES string of the molecule is CC(=CCc1cc(O)ccc1O)CCC1C(C)=CC(=O)CC1(C)C. The normalized spacial score (nSPS) is 20.8. The molecule has 0 fully saturated rings. The molecule has 1 aliphatic carbocycles. The van der Waals surface area contributed by atoms with E-state index < -0.39 is 0 Å². The zero-order chi connectivity index (χ0) is 17.9. The van der Waals surface area contributed by atoms with Crippen LogP contribution in [0.4, 0.5) is 0 Å². The maximum absolute atomic E-state index is 11.8. The predicted octanol–water partition coefficient (Wildman–Crippen LogP) is 4.93. The van der Waals surface area contributed by atoms with Crippen LogP contribution >= 0.6 is 0 Å². The lowest BCUT2D eigenvalue weighted by molar-refractivity contribution is -0.117. The van der Waals surface area contributed by atoms with Crippen LogP contribution in [0.3, 0.4) is 0 Å². The minimum Gasteiger partial charge on any atom is -0.508 e. The van der Waals surface area contributed by atoms with Gasteiger partial charge in [-0.05, 0) is 68.7 Å². The molecule has 0 saturated carbocycles. The third-order valence-corrected chi connectivity index (χ3v) is 5.07. The number of hydrogen-bond donors (Lipinski definition) is 2. The van der Waals surface area contributed by atoms with Crippen LogP contribution in [0.15, 0.2) is 41.5 Å². The molecule has 2 rings (SSSR count). The highest BCUT2D eigenvalue weighted by Crippen LogP contribution is 2.42. The van der Waals surface area contributed by atoms with Crippen LogP contribution < -0.4 is 0 Å². The Morgan fingerprint density at radius 3 is 2.71 bits per heavy atom. The van der Waals surface area contributed by atoms with Crippen LogP contribution in [0.25, 0.3) is 0 Å². The summed E-state index contributed by atoms with van der Waals surface area (Å²) in [6, 6.07) is 4.60. The third kappa shape index (κ3) is 4.50. The van der Waals surface area contributed by atoms with Crippen LogP contribution in [0.5, 0.6) is 11.5 Å². The topological polar surface area (TPSA) is 57.5 Å². The number of rotatable bonds is 5. The van der Waals surface area contributed by atoms with E-state index in [2.05, 4.69) is 33.8 Å². The Balaban J connectivity index is 1.99. The zero-order valence-corrected chi connectivity index (χ0v) is 15.1.